The van der Waals surface area contributed by atoms with E-state index in [9.17, 15) is 10.1 Å². The summed E-state index contributed by atoms with van der Waals surface area (Å²) in [6.45, 7) is 3.21. The second-order valence-corrected chi connectivity index (χ2v) is 4.50. The first-order chi connectivity index (χ1) is 8.54. The van der Waals surface area contributed by atoms with Crippen LogP contribution in [-0.4, -0.2) is 24.7 Å². The Balaban J connectivity index is 2.60. The van der Waals surface area contributed by atoms with Gasteiger partial charge in [-0.2, -0.15) is 0 Å². The fourth-order valence-electron chi connectivity index (χ4n) is 1.49. The molecule has 0 radical (unpaired) electrons. The molecule has 0 heterocycles. The van der Waals surface area contributed by atoms with Gasteiger partial charge in [0, 0.05) is 43.5 Å². The minimum absolute atomic E-state index is 0.0562. The van der Waals surface area contributed by atoms with Gasteiger partial charge in [-0.3, -0.25) is 10.1 Å². The predicted octanol–water partition coefficient (Wildman–Crippen LogP) is 2.76. The largest absolute Gasteiger partial charge is 0.385 e. The van der Waals surface area contributed by atoms with Crippen LogP contribution in [0.4, 0.5) is 5.69 Å². The number of methoxy groups -OCH3 is 1. The highest BCUT2D eigenvalue weighted by Gasteiger charge is 2.10. The molecule has 5 nitrogen and oxygen atoms in total. The number of hydrogen-bond acceptors (Lipinski definition) is 4. The molecule has 1 rings (SSSR count). The Morgan fingerprint density at radius 1 is 1.56 bits per heavy atom. The van der Waals surface area contributed by atoms with Crippen LogP contribution >= 0.6 is 11.6 Å². The lowest BCUT2D eigenvalue weighted by molar-refractivity contribution is -0.384. The zero-order chi connectivity index (χ0) is 13.5. The summed E-state index contributed by atoms with van der Waals surface area (Å²) in [6, 6.07) is 4.72. The first-order valence-electron chi connectivity index (χ1n) is 5.69. The molecule has 0 aliphatic carbocycles. The molecule has 0 amide bonds. The number of nitro benzene ring substituents is 1. The van der Waals surface area contributed by atoms with Gasteiger partial charge < -0.3 is 10.1 Å². The fraction of sp³-hybridized carbons (Fsp3) is 0.500. The molecule has 6 heteroatoms. The lowest BCUT2D eigenvalue weighted by atomic mass is 10.1. The van der Waals surface area contributed by atoms with E-state index in [0.29, 0.717) is 18.2 Å². The van der Waals surface area contributed by atoms with Crippen molar-refractivity contribution in [3.05, 3.63) is 38.9 Å². The van der Waals surface area contributed by atoms with Gasteiger partial charge in [0.05, 0.1) is 4.92 Å². The Morgan fingerprint density at radius 3 is 2.89 bits per heavy atom. The normalized spacial score (nSPS) is 12.4. The van der Waals surface area contributed by atoms with Crippen LogP contribution in [0.1, 0.15) is 18.9 Å². The number of non-ortho nitro benzene ring substituents is 1. The number of halogens is 1. The third-order valence-corrected chi connectivity index (χ3v) is 3.00. The number of nitro groups is 1. The molecule has 1 N–H and O–H groups in total. The van der Waals surface area contributed by atoms with E-state index in [-0.39, 0.29) is 11.7 Å². The summed E-state index contributed by atoms with van der Waals surface area (Å²) < 4.78 is 4.98. The van der Waals surface area contributed by atoms with Crippen LogP contribution < -0.4 is 5.32 Å². The van der Waals surface area contributed by atoms with Gasteiger partial charge >= 0.3 is 0 Å². The van der Waals surface area contributed by atoms with Crippen LogP contribution in [0, 0.1) is 10.1 Å². The molecule has 0 aromatic heterocycles. The molecule has 18 heavy (non-hydrogen) atoms. The Hall–Kier alpha value is -1.17. The van der Waals surface area contributed by atoms with Gasteiger partial charge in [-0.05, 0) is 25.0 Å². The maximum absolute atomic E-state index is 10.7. The fourth-order valence-corrected chi connectivity index (χ4v) is 1.68. The lowest BCUT2D eigenvalue weighted by Gasteiger charge is -2.13. The summed E-state index contributed by atoms with van der Waals surface area (Å²) in [5.74, 6) is 0. The average molecular weight is 273 g/mol. The lowest BCUT2D eigenvalue weighted by Crippen LogP contribution is -2.26. The third kappa shape index (κ3) is 4.60. The smallest absolute Gasteiger partial charge is 0.269 e. The Morgan fingerprint density at radius 2 is 2.28 bits per heavy atom. The van der Waals surface area contributed by atoms with Crippen molar-refractivity contribution >= 4 is 17.3 Å². The van der Waals surface area contributed by atoms with E-state index < -0.39 is 4.92 Å². The number of benzene rings is 1. The number of rotatable bonds is 7. The van der Waals surface area contributed by atoms with Gasteiger partial charge in [0.1, 0.15) is 0 Å². The molecule has 1 unspecified atom stereocenters. The minimum atomic E-state index is -0.422. The predicted molar refractivity (Wildman–Crippen MR) is 70.9 cm³/mol. The van der Waals surface area contributed by atoms with Crippen molar-refractivity contribution in [2.24, 2.45) is 0 Å². The van der Waals surface area contributed by atoms with Gasteiger partial charge in [0.15, 0.2) is 0 Å². The zero-order valence-corrected chi connectivity index (χ0v) is 11.2. The molecular formula is C12H17ClN2O3. The number of hydrogen-bond donors (Lipinski definition) is 1. The summed E-state index contributed by atoms with van der Waals surface area (Å²) in [6.07, 6.45) is 0.878. The number of ether oxygens (including phenoxy) is 1. The van der Waals surface area contributed by atoms with E-state index in [1.165, 1.54) is 12.1 Å². The summed E-state index contributed by atoms with van der Waals surface area (Å²) in [7, 11) is 1.66. The van der Waals surface area contributed by atoms with Crippen LogP contribution in [0.15, 0.2) is 18.2 Å². The highest BCUT2D eigenvalue weighted by atomic mass is 35.5. The van der Waals surface area contributed by atoms with E-state index in [1.54, 1.807) is 13.2 Å². The maximum atomic E-state index is 10.7. The third-order valence-electron chi connectivity index (χ3n) is 2.64. The summed E-state index contributed by atoms with van der Waals surface area (Å²) in [5.41, 5.74) is 0.788. The van der Waals surface area contributed by atoms with E-state index >= 15 is 0 Å². The van der Waals surface area contributed by atoms with Crippen LogP contribution in [0.2, 0.25) is 5.02 Å². The molecule has 100 valence electrons. The van der Waals surface area contributed by atoms with Crippen LogP contribution in [0.25, 0.3) is 0 Å². The summed E-state index contributed by atoms with van der Waals surface area (Å²) in [4.78, 5) is 10.2. The Bertz CT molecular complexity index is 412. The molecule has 1 aromatic carbocycles. The molecule has 0 bridgehead atoms. The monoisotopic (exact) mass is 272 g/mol. The first kappa shape index (κ1) is 14.9. The average Bonchev–Trinajstić information content (AvgIpc) is 2.35. The van der Waals surface area contributed by atoms with Crippen molar-refractivity contribution in [2.45, 2.75) is 25.9 Å². The van der Waals surface area contributed by atoms with Crippen molar-refractivity contribution < 1.29 is 9.66 Å². The Labute approximate surface area is 111 Å². The van der Waals surface area contributed by atoms with Gasteiger partial charge in [0.2, 0.25) is 0 Å². The molecule has 0 aliphatic heterocycles. The minimum Gasteiger partial charge on any atom is -0.385 e. The molecule has 0 saturated heterocycles. The van der Waals surface area contributed by atoms with Crippen LogP contribution in [0.5, 0.6) is 0 Å². The Kier molecular flexibility index (Phi) is 6.04. The zero-order valence-electron chi connectivity index (χ0n) is 10.5. The summed E-state index contributed by atoms with van der Waals surface area (Å²) >= 11 is 6.00. The highest BCUT2D eigenvalue weighted by Crippen LogP contribution is 2.21. The standard InChI is InChI=1S/C12H17ClN2O3/c1-9(5-6-18-2)14-8-10-7-11(15(16)17)3-4-12(10)13/h3-4,7,9,14H,5-6,8H2,1-2H3. The van der Waals surface area contributed by atoms with E-state index in [1.807, 2.05) is 6.92 Å². The van der Waals surface area contributed by atoms with Crippen molar-refractivity contribution in [3.8, 4) is 0 Å². The number of nitrogens with one attached hydrogen (secondary N) is 1. The topological polar surface area (TPSA) is 64.4 Å². The summed E-state index contributed by atoms with van der Waals surface area (Å²) in [5, 5.41) is 14.5. The van der Waals surface area contributed by atoms with E-state index in [2.05, 4.69) is 5.32 Å². The quantitative estimate of drug-likeness (QED) is 0.612. The second-order valence-electron chi connectivity index (χ2n) is 4.10. The molecule has 0 spiro atoms. The molecule has 1 atom stereocenters. The highest BCUT2D eigenvalue weighted by molar-refractivity contribution is 6.31. The van der Waals surface area contributed by atoms with Crippen LogP contribution in [0.3, 0.4) is 0 Å². The van der Waals surface area contributed by atoms with Crippen LogP contribution in [-0.2, 0) is 11.3 Å². The van der Waals surface area contributed by atoms with E-state index in [0.717, 1.165) is 12.0 Å². The first-order valence-corrected chi connectivity index (χ1v) is 6.07. The molecule has 0 fully saturated rings. The van der Waals surface area contributed by atoms with E-state index in [4.69, 9.17) is 16.3 Å². The van der Waals surface area contributed by atoms with Gasteiger partial charge in [-0.25, -0.2) is 0 Å². The molecule has 1 aromatic rings. The van der Waals surface area contributed by atoms with Gasteiger partial charge in [-0.15, -0.1) is 0 Å². The SMILES string of the molecule is COCCC(C)NCc1cc([N+](=O)[O-])ccc1Cl. The van der Waals surface area contributed by atoms with Crippen molar-refractivity contribution in [1.82, 2.24) is 5.32 Å². The van der Waals surface area contributed by atoms with Crippen molar-refractivity contribution in [2.75, 3.05) is 13.7 Å². The molecular weight excluding hydrogens is 256 g/mol. The van der Waals surface area contributed by atoms with Gasteiger partial charge in [-0.1, -0.05) is 11.6 Å². The number of nitrogens with zero attached hydrogens (tertiary/aromatic N) is 1. The molecule has 0 aliphatic rings. The van der Waals surface area contributed by atoms with Crippen molar-refractivity contribution in [3.63, 3.8) is 0 Å². The molecule has 0 saturated carbocycles. The maximum Gasteiger partial charge on any atom is 0.269 e. The van der Waals surface area contributed by atoms with Crippen molar-refractivity contribution in [1.29, 1.82) is 0 Å². The second kappa shape index (κ2) is 7.31. The van der Waals surface area contributed by atoms with Gasteiger partial charge in [0.25, 0.3) is 5.69 Å².